The zero-order chi connectivity index (χ0) is 25.6. The SMILES string of the molecule is CC(=O)OC[C@H]1O[C@](O)(c2ccc(C#N)c(CBr)c2)[C@H](OC(C)=O)[C@@H](OC(C)=O)[C@@H]1OC(C)=O. The van der Waals surface area contributed by atoms with Crippen molar-refractivity contribution in [2.45, 2.75) is 63.2 Å². The second kappa shape index (κ2) is 11.4. The Morgan fingerprint density at radius 1 is 1.03 bits per heavy atom. The zero-order valence-corrected chi connectivity index (χ0v) is 20.5. The topological polar surface area (TPSA) is 158 Å². The highest BCUT2D eigenvalue weighted by Crippen LogP contribution is 2.41. The van der Waals surface area contributed by atoms with E-state index in [1.54, 1.807) is 0 Å². The molecule has 5 atom stereocenters. The van der Waals surface area contributed by atoms with Gasteiger partial charge in [0.2, 0.25) is 11.9 Å². The van der Waals surface area contributed by atoms with Gasteiger partial charge in [-0.15, -0.1) is 0 Å². The van der Waals surface area contributed by atoms with Crippen molar-refractivity contribution < 1.29 is 48.0 Å². The van der Waals surface area contributed by atoms with Crippen LogP contribution in [0, 0.1) is 11.3 Å². The lowest BCUT2D eigenvalue weighted by molar-refractivity contribution is -0.360. The number of hydrogen-bond donors (Lipinski definition) is 1. The summed E-state index contributed by atoms with van der Waals surface area (Å²) in [4.78, 5) is 47.1. The molecule has 34 heavy (non-hydrogen) atoms. The largest absolute Gasteiger partial charge is 0.463 e. The van der Waals surface area contributed by atoms with Crippen molar-refractivity contribution in [1.82, 2.24) is 0 Å². The van der Waals surface area contributed by atoms with Gasteiger partial charge >= 0.3 is 23.9 Å². The molecule has 0 saturated carbocycles. The van der Waals surface area contributed by atoms with Gasteiger partial charge in [0, 0.05) is 38.6 Å². The highest BCUT2D eigenvalue weighted by Gasteiger charge is 2.60. The quantitative estimate of drug-likeness (QED) is 0.301. The molecule has 184 valence electrons. The van der Waals surface area contributed by atoms with Gasteiger partial charge in [-0.1, -0.05) is 22.0 Å². The minimum atomic E-state index is -2.45. The summed E-state index contributed by atoms with van der Waals surface area (Å²) in [6, 6.07) is 6.27. The predicted molar refractivity (Wildman–Crippen MR) is 116 cm³/mol. The van der Waals surface area contributed by atoms with Gasteiger partial charge < -0.3 is 28.8 Å². The first-order valence-electron chi connectivity index (χ1n) is 10.1. The van der Waals surface area contributed by atoms with Crippen molar-refractivity contribution in [2.75, 3.05) is 6.61 Å². The molecule has 0 bridgehead atoms. The summed E-state index contributed by atoms with van der Waals surface area (Å²) in [6.45, 7) is 3.90. The van der Waals surface area contributed by atoms with Crippen LogP contribution in [0.4, 0.5) is 0 Å². The van der Waals surface area contributed by atoms with E-state index >= 15 is 0 Å². The molecule has 1 heterocycles. The number of ether oxygens (including phenoxy) is 5. The summed E-state index contributed by atoms with van der Waals surface area (Å²) in [6.07, 6.45) is -5.95. The minimum Gasteiger partial charge on any atom is -0.463 e. The maximum absolute atomic E-state index is 12.0. The van der Waals surface area contributed by atoms with Crippen LogP contribution in [0.25, 0.3) is 0 Å². The first kappa shape index (κ1) is 27.2. The second-order valence-electron chi connectivity index (χ2n) is 7.45. The van der Waals surface area contributed by atoms with Gasteiger partial charge in [-0.3, -0.25) is 19.2 Å². The molecule has 1 aromatic carbocycles. The molecule has 0 aliphatic carbocycles. The third kappa shape index (κ3) is 6.31. The number of esters is 4. The van der Waals surface area contributed by atoms with Crippen LogP contribution in [-0.2, 0) is 54.0 Å². The van der Waals surface area contributed by atoms with Gasteiger partial charge in [0.1, 0.15) is 12.7 Å². The Morgan fingerprint density at radius 3 is 2.12 bits per heavy atom. The Hall–Kier alpha value is -3.01. The van der Waals surface area contributed by atoms with Crippen LogP contribution in [0.15, 0.2) is 18.2 Å². The third-order valence-corrected chi connectivity index (χ3v) is 5.44. The molecule has 1 N–H and O–H groups in total. The van der Waals surface area contributed by atoms with Crippen molar-refractivity contribution >= 4 is 39.8 Å². The molecular formula is C22H24BrNO10. The smallest absolute Gasteiger partial charge is 0.303 e. The number of benzene rings is 1. The van der Waals surface area contributed by atoms with Gasteiger partial charge in [-0.25, -0.2) is 0 Å². The summed E-state index contributed by atoms with van der Waals surface area (Å²) < 4.78 is 26.8. The average Bonchev–Trinajstić information content (AvgIpc) is 2.75. The number of rotatable bonds is 7. The lowest BCUT2D eigenvalue weighted by Gasteiger charge is -2.48. The van der Waals surface area contributed by atoms with Gasteiger partial charge in [0.25, 0.3) is 0 Å². The number of hydrogen-bond acceptors (Lipinski definition) is 11. The number of aliphatic hydroxyl groups is 1. The molecular weight excluding hydrogens is 518 g/mol. The van der Waals surface area contributed by atoms with E-state index < -0.39 is 60.7 Å². The molecule has 12 heteroatoms. The maximum atomic E-state index is 12.0. The fourth-order valence-corrected chi connectivity index (χ4v) is 4.01. The highest BCUT2D eigenvalue weighted by atomic mass is 79.9. The molecule has 0 aromatic heterocycles. The Bertz CT molecular complexity index is 1010. The fourth-order valence-electron chi connectivity index (χ4n) is 3.55. The molecule has 0 unspecified atom stereocenters. The van der Waals surface area contributed by atoms with Crippen molar-refractivity contribution in [3.05, 3.63) is 34.9 Å². The average molecular weight is 542 g/mol. The first-order chi connectivity index (χ1) is 15.9. The van der Waals surface area contributed by atoms with Gasteiger partial charge in [-0.2, -0.15) is 5.26 Å². The van der Waals surface area contributed by atoms with E-state index in [0.717, 1.165) is 27.7 Å². The predicted octanol–water partition coefficient (Wildman–Crippen LogP) is 1.36. The third-order valence-electron chi connectivity index (χ3n) is 4.84. The van der Waals surface area contributed by atoms with Crippen LogP contribution >= 0.6 is 15.9 Å². The summed E-state index contributed by atoms with van der Waals surface area (Å²) in [5, 5.41) is 21.3. The van der Waals surface area contributed by atoms with E-state index in [4.69, 9.17) is 23.7 Å². The molecule has 11 nitrogen and oxygen atoms in total. The van der Waals surface area contributed by atoms with Crippen LogP contribution in [0.2, 0.25) is 0 Å². The van der Waals surface area contributed by atoms with Crippen LogP contribution in [0.1, 0.15) is 44.4 Å². The molecule has 0 radical (unpaired) electrons. The van der Waals surface area contributed by atoms with E-state index in [-0.39, 0.29) is 10.9 Å². The summed E-state index contributed by atoms with van der Waals surface area (Å²) in [5.74, 6) is -5.59. The molecule has 0 spiro atoms. The number of nitriles is 1. The van der Waals surface area contributed by atoms with Crippen LogP contribution < -0.4 is 0 Å². The first-order valence-corrected chi connectivity index (χ1v) is 11.2. The number of carbonyl (C=O) groups is 4. The Kier molecular flexibility index (Phi) is 9.14. The van der Waals surface area contributed by atoms with Gasteiger partial charge in [-0.05, 0) is 17.7 Å². The Balaban J connectivity index is 2.71. The lowest BCUT2D eigenvalue weighted by Crippen LogP contribution is -2.66. The molecule has 1 aliphatic rings. The van der Waals surface area contributed by atoms with Crippen LogP contribution in [0.5, 0.6) is 0 Å². The van der Waals surface area contributed by atoms with Crippen molar-refractivity contribution in [2.24, 2.45) is 0 Å². The van der Waals surface area contributed by atoms with Crippen LogP contribution in [0.3, 0.4) is 0 Å². The van der Waals surface area contributed by atoms with E-state index in [9.17, 15) is 29.5 Å². The Labute approximate surface area is 204 Å². The summed E-state index contributed by atoms with van der Waals surface area (Å²) >= 11 is 3.27. The summed E-state index contributed by atoms with van der Waals surface area (Å²) in [5.41, 5.74) is 0.856. The Morgan fingerprint density at radius 2 is 1.62 bits per heavy atom. The van der Waals surface area contributed by atoms with Gasteiger partial charge in [0.05, 0.1) is 11.6 Å². The number of alkyl halides is 1. The minimum absolute atomic E-state index is 0.0541. The molecule has 1 fully saturated rings. The zero-order valence-electron chi connectivity index (χ0n) is 18.9. The highest BCUT2D eigenvalue weighted by molar-refractivity contribution is 9.08. The second-order valence-corrected chi connectivity index (χ2v) is 8.01. The number of nitrogens with zero attached hydrogens (tertiary/aromatic N) is 1. The summed E-state index contributed by atoms with van der Waals surface area (Å²) in [7, 11) is 0. The van der Waals surface area contributed by atoms with Gasteiger partial charge in [0.15, 0.2) is 12.2 Å². The lowest BCUT2D eigenvalue weighted by atomic mass is 9.86. The number of carbonyl (C=O) groups excluding carboxylic acids is 4. The molecule has 1 saturated heterocycles. The molecule has 1 aliphatic heterocycles. The molecule has 2 rings (SSSR count). The maximum Gasteiger partial charge on any atom is 0.303 e. The van der Waals surface area contributed by atoms with Crippen molar-refractivity contribution in [3.8, 4) is 6.07 Å². The number of halogens is 1. The van der Waals surface area contributed by atoms with E-state index in [0.29, 0.717) is 11.1 Å². The van der Waals surface area contributed by atoms with E-state index in [1.807, 2.05) is 6.07 Å². The van der Waals surface area contributed by atoms with Crippen molar-refractivity contribution in [3.63, 3.8) is 0 Å². The molecule has 0 amide bonds. The normalized spacial score (nSPS) is 26.0. The monoisotopic (exact) mass is 541 g/mol. The standard InChI is InChI=1S/C22H24BrNO10/c1-11(25)30-10-18-19(31-12(2)26)20(32-13(3)27)21(33-14(4)28)22(29,34-18)17-6-5-15(9-24)16(7-17)8-23/h5-7,18-21,29H,8,10H2,1-4H3/t18-,19-,20+,21-,22-/m1/s1. The fraction of sp³-hybridized carbons (Fsp3) is 0.500. The molecule has 1 aromatic rings. The van der Waals surface area contributed by atoms with Crippen molar-refractivity contribution in [1.29, 1.82) is 5.26 Å². The van der Waals surface area contributed by atoms with Crippen LogP contribution in [-0.4, -0.2) is 60.0 Å². The van der Waals surface area contributed by atoms with E-state index in [1.165, 1.54) is 18.2 Å². The van der Waals surface area contributed by atoms with E-state index in [2.05, 4.69) is 15.9 Å².